The summed E-state index contributed by atoms with van der Waals surface area (Å²) >= 11 is 0. The molecule has 3 N–H and O–H groups in total. The van der Waals surface area contributed by atoms with Gasteiger partial charge in [-0.25, -0.2) is 0 Å². The molecule has 1 heterocycles. The molecule has 1 fully saturated rings. The molecule has 29 heavy (non-hydrogen) atoms. The molecule has 164 valence electrons. The maximum absolute atomic E-state index is 10.6. The number of nitrogens with zero attached hydrogens (tertiary/aromatic N) is 2. The van der Waals surface area contributed by atoms with Crippen LogP contribution in [0.15, 0.2) is 29.3 Å². The predicted octanol–water partition coefficient (Wildman–Crippen LogP) is 2.17. The second-order valence-corrected chi connectivity index (χ2v) is 7.44. The SMILES string of the molecule is CCNC(=NCC(O)(CC)CC)NCC(c1ccc(OC)cc1)N1CCOCC1. The molecule has 0 aromatic heterocycles. The normalized spacial score (nSPS) is 17.1. The quantitative estimate of drug-likeness (QED) is 0.408. The van der Waals surface area contributed by atoms with E-state index in [4.69, 9.17) is 9.47 Å². The molecule has 2 rings (SSSR count). The lowest BCUT2D eigenvalue weighted by Crippen LogP contribution is -2.46. The molecule has 1 aromatic rings. The van der Waals surface area contributed by atoms with Crippen molar-refractivity contribution in [3.8, 4) is 5.75 Å². The Labute approximate surface area is 175 Å². The lowest BCUT2D eigenvalue weighted by molar-refractivity contribution is 0.0169. The number of hydrogen-bond acceptors (Lipinski definition) is 5. The molecule has 0 radical (unpaired) electrons. The second kappa shape index (κ2) is 12.0. The number of ether oxygens (including phenoxy) is 2. The smallest absolute Gasteiger partial charge is 0.191 e. The Morgan fingerprint density at radius 1 is 1.17 bits per heavy atom. The maximum Gasteiger partial charge on any atom is 0.191 e. The summed E-state index contributed by atoms with van der Waals surface area (Å²) in [5.41, 5.74) is 0.483. The van der Waals surface area contributed by atoms with Gasteiger partial charge in [-0.15, -0.1) is 0 Å². The molecule has 7 nitrogen and oxygen atoms in total. The van der Waals surface area contributed by atoms with Gasteiger partial charge in [0.05, 0.1) is 38.5 Å². The van der Waals surface area contributed by atoms with Crippen LogP contribution in [-0.4, -0.2) is 74.6 Å². The molecule has 0 saturated carbocycles. The van der Waals surface area contributed by atoms with Gasteiger partial charge < -0.3 is 25.2 Å². The van der Waals surface area contributed by atoms with Gasteiger partial charge in [0.2, 0.25) is 0 Å². The number of benzene rings is 1. The highest BCUT2D eigenvalue weighted by Crippen LogP contribution is 2.23. The van der Waals surface area contributed by atoms with Gasteiger partial charge in [-0.3, -0.25) is 9.89 Å². The van der Waals surface area contributed by atoms with Crippen molar-refractivity contribution >= 4 is 5.96 Å². The minimum atomic E-state index is -0.748. The van der Waals surface area contributed by atoms with Gasteiger partial charge in [0.15, 0.2) is 5.96 Å². The van der Waals surface area contributed by atoms with E-state index in [1.54, 1.807) is 7.11 Å². The van der Waals surface area contributed by atoms with Gasteiger partial charge in [-0.05, 0) is 37.5 Å². The third-order valence-electron chi connectivity index (χ3n) is 5.64. The average Bonchev–Trinajstić information content (AvgIpc) is 2.78. The van der Waals surface area contributed by atoms with Gasteiger partial charge in [0.1, 0.15) is 5.75 Å². The van der Waals surface area contributed by atoms with Crippen molar-refractivity contribution in [2.45, 2.75) is 45.3 Å². The number of nitrogens with one attached hydrogen (secondary N) is 2. The predicted molar refractivity (Wildman–Crippen MR) is 118 cm³/mol. The lowest BCUT2D eigenvalue weighted by atomic mass is 9.98. The summed E-state index contributed by atoms with van der Waals surface area (Å²) < 4.78 is 10.8. The fraction of sp³-hybridized carbons (Fsp3) is 0.682. The van der Waals surface area contributed by atoms with Crippen LogP contribution in [0.25, 0.3) is 0 Å². The average molecular weight is 407 g/mol. The number of methoxy groups -OCH3 is 1. The number of guanidine groups is 1. The van der Waals surface area contributed by atoms with E-state index in [0.717, 1.165) is 51.1 Å². The zero-order chi connectivity index (χ0) is 21.1. The van der Waals surface area contributed by atoms with Crippen LogP contribution in [0.3, 0.4) is 0 Å². The second-order valence-electron chi connectivity index (χ2n) is 7.44. The van der Waals surface area contributed by atoms with Crippen molar-refractivity contribution in [1.82, 2.24) is 15.5 Å². The highest BCUT2D eigenvalue weighted by atomic mass is 16.5. The molecule has 0 amide bonds. The van der Waals surface area contributed by atoms with Crippen LogP contribution in [0.2, 0.25) is 0 Å². The van der Waals surface area contributed by atoms with Crippen LogP contribution in [-0.2, 0) is 4.74 Å². The zero-order valence-corrected chi connectivity index (χ0v) is 18.4. The Bertz CT molecular complexity index is 611. The minimum absolute atomic E-state index is 0.199. The first-order chi connectivity index (χ1) is 14.0. The van der Waals surface area contributed by atoms with Crippen molar-refractivity contribution in [3.63, 3.8) is 0 Å². The van der Waals surface area contributed by atoms with Crippen LogP contribution >= 0.6 is 0 Å². The van der Waals surface area contributed by atoms with Crippen LogP contribution in [0.1, 0.15) is 45.2 Å². The summed E-state index contributed by atoms with van der Waals surface area (Å²) in [4.78, 5) is 7.09. The Morgan fingerprint density at radius 2 is 1.83 bits per heavy atom. The van der Waals surface area contributed by atoms with E-state index >= 15 is 0 Å². The molecule has 1 aliphatic heterocycles. The van der Waals surface area contributed by atoms with E-state index in [1.165, 1.54) is 5.56 Å². The first-order valence-electron chi connectivity index (χ1n) is 10.8. The third-order valence-corrected chi connectivity index (χ3v) is 5.64. The summed E-state index contributed by atoms with van der Waals surface area (Å²) in [6.07, 6.45) is 1.38. The molecule has 1 saturated heterocycles. The molecule has 1 unspecified atom stereocenters. The van der Waals surface area contributed by atoms with Crippen molar-refractivity contribution in [2.75, 3.05) is 53.0 Å². The standard InChI is InChI=1S/C22H38N4O3/c1-5-22(27,6-2)17-25-21(23-7-3)24-16-20(26-12-14-29-15-13-26)18-8-10-19(28-4)11-9-18/h8-11,20,27H,5-7,12-17H2,1-4H3,(H2,23,24,25). The van der Waals surface area contributed by atoms with Gasteiger partial charge in [0, 0.05) is 26.2 Å². The summed E-state index contributed by atoms with van der Waals surface area (Å²) in [7, 11) is 1.68. The van der Waals surface area contributed by atoms with E-state index in [-0.39, 0.29) is 6.04 Å². The van der Waals surface area contributed by atoms with Gasteiger partial charge in [-0.2, -0.15) is 0 Å². The Hall–Kier alpha value is -1.83. The number of rotatable bonds is 10. The molecule has 0 aliphatic carbocycles. The summed E-state index contributed by atoms with van der Waals surface area (Å²) in [6, 6.07) is 8.45. The molecule has 1 atom stereocenters. The van der Waals surface area contributed by atoms with Crippen LogP contribution in [0.4, 0.5) is 0 Å². The molecule has 1 aliphatic rings. The van der Waals surface area contributed by atoms with Crippen molar-refractivity contribution < 1.29 is 14.6 Å². The monoisotopic (exact) mass is 406 g/mol. The number of morpholine rings is 1. The Morgan fingerprint density at radius 3 is 2.38 bits per heavy atom. The van der Waals surface area contributed by atoms with Crippen LogP contribution in [0.5, 0.6) is 5.75 Å². The van der Waals surface area contributed by atoms with Crippen molar-refractivity contribution in [1.29, 1.82) is 0 Å². The third kappa shape index (κ3) is 7.17. The van der Waals surface area contributed by atoms with E-state index in [1.807, 2.05) is 32.9 Å². The molecule has 0 bridgehead atoms. The summed E-state index contributed by atoms with van der Waals surface area (Å²) in [5, 5.41) is 17.3. The van der Waals surface area contributed by atoms with Crippen LogP contribution < -0.4 is 15.4 Å². The highest BCUT2D eigenvalue weighted by molar-refractivity contribution is 5.79. The fourth-order valence-electron chi connectivity index (χ4n) is 3.41. The van der Waals surface area contributed by atoms with E-state index in [0.29, 0.717) is 19.4 Å². The van der Waals surface area contributed by atoms with E-state index in [2.05, 4.69) is 32.7 Å². The topological polar surface area (TPSA) is 78.4 Å². The largest absolute Gasteiger partial charge is 0.497 e. The lowest BCUT2D eigenvalue weighted by Gasteiger charge is -2.35. The van der Waals surface area contributed by atoms with E-state index in [9.17, 15) is 5.11 Å². The summed E-state index contributed by atoms with van der Waals surface area (Å²) in [6.45, 7) is 11.2. The van der Waals surface area contributed by atoms with Crippen molar-refractivity contribution in [3.05, 3.63) is 29.8 Å². The first-order valence-corrected chi connectivity index (χ1v) is 10.8. The van der Waals surface area contributed by atoms with E-state index < -0.39 is 5.60 Å². The molecule has 7 heteroatoms. The minimum Gasteiger partial charge on any atom is -0.497 e. The maximum atomic E-state index is 10.6. The Balaban J connectivity index is 2.12. The molecular weight excluding hydrogens is 368 g/mol. The zero-order valence-electron chi connectivity index (χ0n) is 18.4. The van der Waals surface area contributed by atoms with Crippen LogP contribution in [0, 0.1) is 0 Å². The van der Waals surface area contributed by atoms with Gasteiger partial charge in [-0.1, -0.05) is 26.0 Å². The van der Waals surface area contributed by atoms with Gasteiger partial charge in [0.25, 0.3) is 0 Å². The Kier molecular flexibility index (Phi) is 9.70. The van der Waals surface area contributed by atoms with Gasteiger partial charge >= 0.3 is 0 Å². The molecule has 1 aromatic carbocycles. The number of hydrogen-bond donors (Lipinski definition) is 3. The number of aliphatic imine (C=N–C) groups is 1. The summed E-state index contributed by atoms with van der Waals surface area (Å²) in [5.74, 6) is 1.59. The van der Waals surface area contributed by atoms with Crippen molar-refractivity contribution in [2.24, 2.45) is 4.99 Å². The molecular formula is C22H38N4O3. The molecule has 0 spiro atoms. The first kappa shape index (κ1) is 23.4. The fourth-order valence-corrected chi connectivity index (χ4v) is 3.41. The highest BCUT2D eigenvalue weighted by Gasteiger charge is 2.24. The number of aliphatic hydroxyl groups is 1.